The van der Waals surface area contributed by atoms with E-state index in [9.17, 15) is 18.0 Å². The number of hydrogen-bond donors (Lipinski definition) is 1. The smallest absolute Gasteiger partial charge is 0.422 e. The standard InChI is InChI=1S/C15H20F3NO2/c1-3-5-11(2)8-14(20)19-12-6-4-7-13(9-12)21-10-15(16,17)18/h4,6-7,9,11H,3,5,8,10H2,1-2H3,(H,19,20). The van der Waals surface area contributed by atoms with Crippen LogP contribution in [0, 0.1) is 5.92 Å². The zero-order valence-corrected chi connectivity index (χ0v) is 12.2. The Bertz CT molecular complexity index is 460. The van der Waals surface area contributed by atoms with E-state index < -0.39 is 12.8 Å². The molecule has 6 heteroatoms. The van der Waals surface area contributed by atoms with E-state index in [4.69, 9.17) is 0 Å². The molecule has 118 valence electrons. The molecule has 1 N–H and O–H groups in total. The second-order valence-corrected chi connectivity index (χ2v) is 5.08. The van der Waals surface area contributed by atoms with Crippen molar-refractivity contribution >= 4 is 11.6 Å². The van der Waals surface area contributed by atoms with E-state index in [-0.39, 0.29) is 17.6 Å². The Morgan fingerprint density at radius 1 is 1.38 bits per heavy atom. The Morgan fingerprint density at radius 3 is 2.71 bits per heavy atom. The van der Waals surface area contributed by atoms with Crippen molar-refractivity contribution < 1.29 is 22.7 Å². The van der Waals surface area contributed by atoms with Gasteiger partial charge in [-0.3, -0.25) is 4.79 Å². The molecule has 1 aromatic carbocycles. The molecule has 3 nitrogen and oxygen atoms in total. The first-order valence-electron chi connectivity index (χ1n) is 6.89. The summed E-state index contributed by atoms with van der Waals surface area (Å²) >= 11 is 0. The third-order valence-electron chi connectivity index (χ3n) is 2.84. The summed E-state index contributed by atoms with van der Waals surface area (Å²) in [6, 6.07) is 5.95. The second kappa shape index (κ2) is 7.90. The minimum Gasteiger partial charge on any atom is -0.484 e. The first kappa shape index (κ1) is 17.3. The fraction of sp³-hybridized carbons (Fsp3) is 0.533. The van der Waals surface area contributed by atoms with Crippen LogP contribution in [0.5, 0.6) is 5.75 Å². The number of ether oxygens (including phenoxy) is 1. The van der Waals surface area contributed by atoms with Crippen LogP contribution in [0.1, 0.15) is 33.1 Å². The highest BCUT2D eigenvalue weighted by molar-refractivity contribution is 5.91. The van der Waals surface area contributed by atoms with Gasteiger partial charge in [0.2, 0.25) is 5.91 Å². The van der Waals surface area contributed by atoms with Gasteiger partial charge in [-0.25, -0.2) is 0 Å². The van der Waals surface area contributed by atoms with E-state index in [1.54, 1.807) is 6.07 Å². The lowest BCUT2D eigenvalue weighted by Crippen LogP contribution is -2.19. The molecule has 1 aromatic rings. The van der Waals surface area contributed by atoms with Crippen molar-refractivity contribution in [2.24, 2.45) is 5.92 Å². The van der Waals surface area contributed by atoms with Gasteiger partial charge >= 0.3 is 6.18 Å². The highest BCUT2D eigenvalue weighted by Crippen LogP contribution is 2.22. The number of anilines is 1. The molecule has 0 aliphatic rings. The number of nitrogens with one attached hydrogen (secondary N) is 1. The number of halogens is 3. The van der Waals surface area contributed by atoms with Gasteiger partial charge in [0, 0.05) is 18.2 Å². The molecule has 0 saturated carbocycles. The zero-order valence-electron chi connectivity index (χ0n) is 12.2. The van der Waals surface area contributed by atoms with Gasteiger partial charge in [-0.2, -0.15) is 13.2 Å². The molecule has 0 bridgehead atoms. The van der Waals surface area contributed by atoms with Crippen molar-refractivity contribution in [1.29, 1.82) is 0 Å². The molecule has 1 rings (SSSR count). The monoisotopic (exact) mass is 303 g/mol. The average Bonchev–Trinajstić information content (AvgIpc) is 2.36. The molecule has 0 aromatic heterocycles. The van der Waals surface area contributed by atoms with Crippen LogP contribution in [0.15, 0.2) is 24.3 Å². The van der Waals surface area contributed by atoms with E-state index in [1.165, 1.54) is 18.2 Å². The number of hydrogen-bond acceptors (Lipinski definition) is 2. The first-order valence-corrected chi connectivity index (χ1v) is 6.89. The van der Waals surface area contributed by atoms with Gasteiger partial charge in [-0.1, -0.05) is 32.8 Å². The van der Waals surface area contributed by atoms with Crippen molar-refractivity contribution in [2.75, 3.05) is 11.9 Å². The highest BCUT2D eigenvalue weighted by atomic mass is 19.4. The predicted octanol–water partition coefficient (Wildman–Crippen LogP) is 4.39. The lowest BCUT2D eigenvalue weighted by Gasteiger charge is -2.12. The second-order valence-electron chi connectivity index (χ2n) is 5.08. The maximum Gasteiger partial charge on any atom is 0.422 e. The van der Waals surface area contributed by atoms with Crippen LogP contribution >= 0.6 is 0 Å². The molecule has 0 spiro atoms. The summed E-state index contributed by atoms with van der Waals surface area (Å²) in [5, 5.41) is 2.67. The number of benzene rings is 1. The van der Waals surface area contributed by atoms with Gasteiger partial charge in [0.25, 0.3) is 0 Å². The van der Waals surface area contributed by atoms with Crippen LogP contribution in [0.2, 0.25) is 0 Å². The van der Waals surface area contributed by atoms with Gasteiger partial charge < -0.3 is 10.1 Å². The fourth-order valence-corrected chi connectivity index (χ4v) is 1.95. The SMILES string of the molecule is CCCC(C)CC(=O)Nc1cccc(OCC(F)(F)F)c1. The van der Waals surface area contributed by atoms with E-state index in [1.807, 2.05) is 6.92 Å². The third-order valence-corrected chi connectivity index (χ3v) is 2.84. The Kier molecular flexibility index (Phi) is 6.52. The molecule has 1 amide bonds. The Morgan fingerprint density at radius 2 is 2.10 bits per heavy atom. The average molecular weight is 303 g/mol. The van der Waals surface area contributed by atoms with Crippen molar-refractivity contribution in [3.63, 3.8) is 0 Å². The maximum atomic E-state index is 12.1. The van der Waals surface area contributed by atoms with E-state index in [0.29, 0.717) is 12.1 Å². The molecule has 21 heavy (non-hydrogen) atoms. The van der Waals surface area contributed by atoms with Crippen molar-refractivity contribution in [2.45, 2.75) is 39.3 Å². The quantitative estimate of drug-likeness (QED) is 0.811. The molecule has 0 aliphatic carbocycles. The zero-order chi connectivity index (χ0) is 15.9. The molecule has 1 atom stereocenters. The van der Waals surface area contributed by atoms with Gasteiger partial charge in [-0.05, 0) is 18.1 Å². The summed E-state index contributed by atoms with van der Waals surface area (Å²) < 4.78 is 40.9. The summed E-state index contributed by atoms with van der Waals surface area (Å²) in [5.74, 6) is 0.204. The molecule has 0 radical (unpaired) electrons. The van der Waals surface area contributed by atoms with E-state index in [0.717, 1.165) is 12.8 Å². The third kappa shape index (κ3) is 7.58. The Hall–Kier alpha value is -1.72. The minimum atomic E-state index is -4.38. The van der Waals surface area contributed by atoms with Gasteiger partial charge in [0.15, 0.2) is 6.61 Å². The molecule has 0 heterocycles. The van der Waals surface area contributed by atoms with Crippen molar-refractivity contribution in [3.8, 4) is 5.75 Å². The van der Waals surface area contributed by atoms with Crippen LogP contribution < -0.4 is 10.1 Å². The molecular weight excluding hydrogens is 283 g/mol. The molecule has 0 aliphatic heterocycles. The number of carbonyl (C=O) groups is 1. The minimum absolute atomic E-state index is 0.0757. The van der Waals surface area contributed by atoms with E-state index >= 15 is 0 Å². The Balaban J connectivity index is 2.54. The van der Waals surface area contributed by atoms with Gasteiger partial charge in [0.05, 0.1) is 0 Å². The number of amides is 1. The van der Waals surface area contributed by atoms with Crippen molar-refractivity contribution in [1.82, 2.24) is 0 Å². The number of alkyl halides is 3. The molecule has 1 unspecified atom stereocenters. The summed E-state index contributed by atoms with van der Waals surface area (Å²) in [6.07, 6.45) is -2.02. The van der Waals surface area contributed by atoms with Crippen LogP contribution in [-0.4, -0.2) is 18.7 Å². The summed E-state index contributed by atoms with van der Waals surface area (Å²) in [4.78, 5) is 11.8. The van der Waals surface area contributed by atoms with Gasteiger partial charge in [-0.15, -0.1) is 0 Å². The maximum absolute atomic E-state index is 12.1. The first-order chi connectivity index (χ1) is 9.80. The van der Waals surface area contributed by atoms with Crippen molar-refractivity contribution in [3.05, 3.63) is 24.3 Å². The largest absolute Gasteiger partial charge is 0.484 e. The van der Waals surface area contributed by atoms with Crippen LogP contribution in [0.25, 0.3) is 0 Å². The van der Waals surface area contributed by atoms with E-state index in [2.05, 4.69) is 17.0 Å². The van der Waals surface area contributed by atoms with Gasteiger partial charge in [0.1, 0.15) is 5.75 Å². The summed E-state index contributed by atoms with van der Waals surface area (Å²) in [7, 11) is 0. The van der Waals surface area contributed by atoms with Crippen LogP contribution in [-0.2, 0) is 4.79 Å². The lowest BCUT2D eigenvalue weighted by atomic mass is 10.0. The number of carbonyl (C=O) groups excluding carboxylic acids is 1. The molecule has 0 fully saturated rings. The molecular formula is C15H20F3NO2. The van der Waals surface area contributed by atoms with Crippen LogP contribution in [0.3, 0.4) is 0 Å². The summed E-state index contributed by atoms with van der Waals surface area (Å²) in [5.41, 5.74) is 0.434. The van der Waals surface area contributed by atoms with Crippen LogP contribution in [0.4, 0.5) is 18.9 Å². The number of rotatable bonds is 7. The lowest BCUT2D eigenvalue weighted by molar-refractivity contribution is -0.153. The summed E-state index contributed by atoms with van der Waals surface area (Å²) in [6.45, 7) is 2.69. The fourth-order valence-electron chi connectivity index (χ4n) is 1.95. The predicted molar refractivity (Wildman–Crippen MR) is 75.3 cm³/mol. The normalized spacial score (nSPS) is 12.8. The highest BCUT2D eigenvalue weighted by Gasteiger charge is 2.28. The topological polar surface area (TPSA) is 38.3 Å². The molecule has 0 saturated heterocycles. The Labute approximate surface area is 122 Å².